The third-order valence-corrected chi connectivity index (χ3v) is 9.83. The van der Waals surface area contributed by atoms with Gasteiger partial charge in [-0.25, -0.2) is 16.8 Å². The molecule has 1 heterocycles. The molecule has 170 valence electrons. The van der Waals surface area contributed by atoms with Gasteiger partial charge in [-0.2, -0.15) is 13.9 Å². The minimum Gasteiger partial charge on any atom is -0.338 e. The van der Waals surface area contributed by atoms with Gasteiger partial charge in [0, 0.05) is 26.2 Å². The molecule has 2 fully saturated rings. The fourth-order valence-corrected chi connectivity index (χ4v) is 6.73. The minimum atomic E-state index is -3.88. The van der Waals surface area contributed by atoms with Crippen molar-refractivity contribution in [3.63, 3.8) is 0 Å². The number of nitrogens with one attached hydrogen (secondary N) is 1. The van der Waals surface area contributed by atoms with E-state index in [1.165, 1.54) is 32.9 Å². The molecule has 1 unspecified atom stereocenters. The summed E-state index contributed by atoms with van der Waals surface area (Å²) in [5.41, 5.74) is -0.787. The third kappa shape index (κ3) is 4.77. The Hall–Kier alpha value is -2.00. The molecule has 1 aromatic carbocycles. The molecular formula is C20H28N4O5S2. The molecule has 1 N–H and O–H groups in total. The Labute approximate surface area is 184 Å². The summed E-state index contributed by atoms with van der Waals surface area (Å²) in [7, 11) is -7.55. The molecule has 1 saturated carbocycles. The number of benzene rings is 1. The first-order chi connectivity index (χ1) is 14.6. The van der Waals surface area contributed by atoms with Gasteiger partial charge in [0.2, 0.25) is 26.0 Å². The number of sulfonamides is 2. The maximum atomic E-state index is 13.1. The van der Waals surface area contributed by atoms with E-state index in [0.717, 1.165) is 0 Å². The molecule has 31 heavy (non-hydrogen) atoms. The van der Waals surface area contributed by atoms with Gasteiger partial charge in [0.05, 0.1) is 21.8 Å². The Bertz CT molecular complexity index is 1070. The minimum absolute atomic E-state index is 0.0113. The maximum absolute atomic E-state index is 13.1. The van der Waals surface area contributed by atoms with Gasteiger partial charge in [-0.15, -0.1) is 0 Å². The lowest BCUT2D eigenvalue weighted by molar-refractivity contribution is -0.126. The second kappa shape index (κ2) is 8.86. The van der Waals surface area contributed by atoms with Gasteiger partial charge >= 0.3 is 0 Å². The van der Waals surface area contributed by atoms with Gasteiger partial charge in [0.15, 0.2) is 0 Å². The molecule has 11 heteroatoms. The number of piperidine rings is 1. The zero-order valence-corrected chi connectivity index (χ0v) is 19.4. The largest absolute Gasteiger partial charge is 0.338 e. The van der Waals surface area contributed by atoms with Crippen LogP contribution in [0.4, 0.5) is 0 Å². The summed E-state index contributed by atoms with van der Waals surface area (Å²) in [5.74, 6) is -0.809. The van der Waals surface area contributed by atoms with Gasteiger partial charge in [0.1, 0.15) is 5.54 Å². The fourth-order valence-electron chi connectivity index (χ4n) is 3.75. The number of carbonyl (C=O) groups is 1. The number of nitrogens with zero attached hydrogens (tertiary/aromatic N) is 3. The highest BCUT2D eigenvalue weighted by Crippen LogP contribution is 2.35. The molecule has 1 saturated heterocycles. The Kier molecular flexibility index (Phi) is 6.76. The maximum Gasteiger partial charge on any atom is 0.243 e. The number of amides is 1. The molecule has 0 radical (unpaired) electrons. The average molecular weight is 469 g/mol. The number of carbonyl (C=O) groups excluding carboxylic acids is 1. The van der Waals surface area contributed by atoms with Crippen molar-refractivity contribution in [3.8, 4) is 6.07 Å². The van der Waals surface area contributed by atoms with Crippen LogP contribution < -0.4 is 5.32 Å². The highest BCUT2D eigenvalue weighted by Gasteiger charge is 2.46. The second-order valence-electron chi connectivity index (χ2n) is 7.95. The first kappa shape index (κ1) is 23.7. The van der Waals surface area contributed by atoms with Gasteiger partial charge in [-0.3, -0.25) is 4.79 Å². The van der Waals surface area contributed by atoms with E-state index in [2.05, 4.69) is 11.4 Å². The van der Waals surface area contributed by atoms with Crippen LogP contribution in [0.15, 0.2) is 34.1 Å². The SMILES string of the molecule is CCN(CC)S(=O)(=O)c1ccc(S(=O)(=O)N2CCCC(C(=O)NC3(C#N)CC3)C2)cc1. The van der Waals surface area contributed by atoms with Crippen LogP contribution in [0.2, 0.25) is 0 Å². The molecule has 0 aromatic heterocycles. The van der Waals surface area contributed by atoms with Crippen molar-refractivity contribution in [3.05, 3.63) is 24.3 Å². The van der Waals surface area contributed by atoms with Crippen molar-refractivity contribution in [2.24, 2.45) is 5.92 Å². The summed E-state index contributed by atoms with van der Waals surface area (Å²) in [6.07, 6.45) is 2.32. The summed E-state index contributed by atoms with van der Waals surface area (Å²) in [6.45, 7) is 4.45. The first-order valence-corrected chi connectivity index (χ1v) is 13.3. The standard InChI is InChI=1S/C20H28N4O5S2/c1-3-23(4-2)30(26,27)17-7-9-18(10-8-17)31(28,29)24-13-5-6-16(14-24)19(25)22-20(15-21)11-12-20/h7-10,16H,3-6,11-14H2,1-2H3,(H,22,25). The van der Waals surface area contributed by atoms with E-state index in [1.807, 2.05) is 0 Å². The van der Waals surface area contributed by atoms with E-state index in [0.29, 0.717) is 38.8 Å². The molecule has 2 aliphatic rings. The number of hydrogen-bond acceptors (Lipinski definition) is 6. The first-order valence-electron chi connectivity index (χ1n) is 10.4. The lowest BCUT2D eigenvalue weighted by Gasteiger charge is -2.31. The average Bonchev–Trinajstić information content (AvgIpc) is 3.54. The molecule has 1 aliphatic heterocycles. The van der Waals surface area contributed by atoms with Crippen LogP contribution in [0.3, 0.4) is 0 Å². The Morgan fingerprint density at radius 2 is 1.74 bits per heavy atom. The van der Waals surface area contributed by atoms with E-state index in [4.69, 9.17) is 5.26 Å². The van der Waals surface area contributed by atoms with Gasteiger partial charge < -0.3 is 5.32 Å². The predicted octanol–water partition coefficient (Wildman–Crippen LogP) is 1.29. The van der Waals surface area contributed by atoms with Crippen LogP contribution in [0.5, 0.6) is 0 Å². The quantitative estimate of drug-likeness (QED) is 0.612. The van der Waals surface area contributed by atoms with Crippen LogP contribution in [-0.2, 0) is 24.8 Å². The summed E-state index contributed by atoms with van der Waals surface area (Å²) in [6, 6.07) is 7.31. The molecule has 1 aliphatic carbocycles. The van der Waals surface area contributed by atoms with Crippen LogP contribution in [0.1, 0.15) is 39.5 Å². The van der Waals surface area contributed by atoms with Crippen molar-refractivity contribution >= 4 is 26.0 Å². The lowest BCUT2D eigenvalue weighted by atomic mass is 9.98. The summed E-state index contributed by atoms with van der Waals surface area (Å²) >= 11 is 0. The molecule has 0 spiro atoms. The molecule has 1 aromatic rings. The van der Waals surface area contributed by atoms with E-state index < -0.39 is 31.5 Å². The van der Waals surface area contributed by atoms with Gasteiger partial charge in [0.25, 0.3) is 0 Å². The topological polar surface area (TPSA) is 128 Å². The van der Waals surface area contributed by atoms with Crippen LogP contribution in [-0.4, -0.2) is 63.1 Å². The van der Waals surface area contributed by atoms with E-state index in [-0.39, 0.29) is 28.8 Å². The van der Waals surface area contributed by atoms with Crippen LogP contribution in [0.25, 0.3) is 0 Å². The second-order valence-corrected chi connectivity index (χ2v) is 11.8. The number of rotatable bonds is 8. The zero-order valence-electron chi connectivity index (χ0n) is 17.7. The zero-order chi connectivity index (χ0) is 22.9. The summed E-state index contributed by atoms with van der Waals surface area (Å²) < 4.78 is 54.0. The molecule has 3 rings (SSSR count). The third-order valence-electron chi connectivity index (χ3n) is 5.89. The van der Waals surface area contributed by atoms with Crippen LogP contribution in [0, 0.1) is 17.2 Å². The van der Waals surface area contributed by atoms with Crippen molar-refractivity contribution in [1.29, 1.82) is 5.26 Å². The summed E-state index contributed by atoms with van der Waals surface area (Å²) in [4.78, 5) is 12.6. The van der Waals surface area contributed by atoms with Crippen molar-refractivity contribution in [1.82, 2.24) is 13.9 Å². The van der Waals surface area contributed by atoms with Gasteiger partial charge in [-0.05, 0) is 49.9 Å². The molecule has 1 atom stereocenters. The fraction of sp³-hybridized carbons (Fsp3) is 0.600. The van der Waals surface area contributed by atoms with E-state index in [9.17, 15) is 21.6 Å². The Balaban J connectivity index is 1.75. The molecule has 0 bridgehead atoms. The van der Waals surface area contributed by atoms with Crippen LogP contribution >= 0.6 is 0 Å². The molecule has 9 nitrogen and oxygen atoms in total. The number of nitriles is 1. The van der Waals surface area contributed by atoms with Gasteiger partial charge in [-0.1, -0.05) is 13.8 Å². The van der Waals surface area contributed by atoms with E-state index >= 15 is 0 Å². The van der Waals surface area contributed by atoms with Crippen molar-refractivity contribution in [2.45, 2.75) is 54.9 Å². The highest BCUT2D eigenvalue weighted by molar-refractivity contribution is 7.89. The smallest absolute Gasteiger partial charge is 0.243 e. The van der Waals surface area contributed by atoms with Crippen molar-refractivity contribution in [2.75, 3.05) is 26.2 Å². The molecule has 1 amide bonds. The Morgan fingerprint density at radius 1 is 1.16 bits per heavy atom. The van der Waals surface area contributed by atoms with E-state index in [1.54, 1.807) is 13.8 Å². The lowest BCUT2D eigenvalue weighted by Crippen LogP contribution is -2.48. The molecular weight excluding hydrogens is 440 g/mol. The number of hydrogen-bond donors (Lipinski definition) is 1. The Morgan fingerprint density at radius 3 is 2.26 bits per heavy atom. The summed E-state index contributed by atoms with van der Waals surface area (Å²) in [5, 5.41) is 11.9. The highest BCUT2D eigenvalue weighted by atomic mass is 32.2. The normalized spacial score (nSPS) is 21.4. The predicted molar refractivity (Wildman–Crippen MR) is 114 cm³/mol. The monoisotopic (exact) mass is 468 g/mol. The van der Waals surface area contributed by atoms with Crippen molar-refractivity contribution < 1.29 is 21.6 Å².